The number of hydrogen-bond acceptors (Lipinski definition) is 4. The first-order valence-electron chi connectivity index (χ1n) is 4.08. The molecule has 0 bridgehead atoms. The molecule has 0 aromatic carbocycles. The van der Waals surface area contributed by atoms with E-state index in [9.17, 15) is 9.59 Å². The number of ether oxygens (including phenoxy) is 2. The summed E-state index contributed by atoms with van der Waals surface area (Å²) >= 11 is 0. The first-order valence-corrected chi connectivity index (χ1v) is 4.08. The van der Waals surface area contributed by atoms with Crippen molar-refractivity contribution in [1.82, 2.24) is 0 Å². The fourth-order valence-corrected chi connectivity index (χ4v) is 1.19. The topological polar surface area (TPSA) is 52.6 Å². The highest BCUT2D eigenvalue weighted by molar-refractivity contribution is 5.96. The molecule has 0 aromatic rings. The molecule has 1 heterocycles. The third-order valence-electron chi connectivity index (χ3n) is 1.86. The second kappa shape index (κ2) is 3.20. The van der Waals surface area contributed by atoms with E-state index in [1.807, 2.05) is 0 Å². The Morgan fingerprint density at radius 3 is 2.77 bits per heavy atom. The van der Waals surface area contributed by atoms with E-state index in [-0.39, 0.29) is 13.0 Å². The standard InChI is InChI=1S/C9H12O4/c1-4-12-8(11)9(3)5-6(2)7(10)13-9/h2,4-5H2,1,3H3/t9-/m0/s1. The van der Waals surface area contributed by atoms with Crippen LogP contribution in [0.15, 0.2) is 12.2 Å². The lowest BCUT2D eigenvalue weighted by Crippen LogP contribution is -2.36. The molecule has 1 aliphatic rings. The Labute approximate surface area is 76.5 Å². The fourth-order valence-electron chi connectivity index (χ4n) is 1.19. The second-order valence-electron chi connectivity index (χ2n) is 3.12. The molecule has 13 heavy (non-hydrogen) atoms. The largest absolute Gasteiger partial charge is 0.463 e. The van der Waals surface area contributed by atoms with Crippen LogP contribution < -0.4 is 0 Å². The van der Waals surface area contributed by atoms with Crippen molar-refractivity contribution in [3.63, 3.8) is 0 Å². The van der Waals surface area contributed by atoms with Crippen LogP contribution in [0.1, 0.15) is 20.3 Å². The van der Waals surface area contributed by atoms with Gasteiger partial charge in [0.1, 0.15) is 0 Å². The van der Waals surface area contributed by atoms with Gasteiger partial charge < -0.3 is 9.47 Å². The third-order valence-corrected chi connectivity index (χ3v) is 1.86. The molecule has 0 spiro atoms. The number of rotatable bonds is 2. The summed E-state index contributed by atoms with van der Waals surface area (Å²) in [6.07, 6.45) is 0.213. The van der Waals surface area contributed by atoms with Crippen LogP contribution in [0.2, 0.25) is 0 Å². The highest BCUT2D eigenvalue weighted by Gasteiger charge is 2.46. The van der Waals surface area contributed by atoms with Gasteiger partial charge in [-0.25, -0.2) is 9.59 Å². The van der Waals surface area contributed by atoms with Crippen LogP contribution in [0.4, 0.5) is 0 Å². The lowest BCUT2D eigenvalue weighted by molar-refractivity contribution is -0.171. The average molecular weight is 184 g/mol. The van der Waals surface area contributed by atoms with Gasteiger partial charge in [-0.3, -0.25) is 0 Å². The molecular weight excluding hydrogens is 172 g/mol. The van der Waals surface area contributed by atoms with E-state index < -0.39 is 17.5 Å². The van der Waals surface area contributed by atoms with E-state index in [1.165, 1.54) is 6.92 Å². The molecule has 0 radical (unpaired) electrons. The molecule has 0 saturated carbocycles. The average Bonchev–Trinajstić information content (AvgIpc) is 2.28. The van der Waals surface area contributed by atoms with Crippen molar-refractivity contribution in [2.24, 2.45) is 0 Å². The molecule has 1 aliphatic heterocycles. The van der Waals surface area contributed by atoms with Crippen molar-refractivity contribution in [3.05, 3.63) is 12.2 Å². The maximum Gasteiger partial charge on any atom is 0.350 e. The SMILES string of the molecule is C=C1C[C@@](C)(C(=O)OCC)OC1=O. The molecule has 0 aromatic heterocycles. The first-order chi connectivity index (χ1) is 5.99. The Balaban J connectivity index is 2.74. The summed E-state index contributed by atoms with van der Waals surface area (Å²) in [5.41, 5.74) is -0.847. The van der Waals surface area contributed by atoms with Crippen LogP contribution in [-0.4, -0.2) is 24.1 Å². The van der Waals surface area contributed by atoms with Crippen molar-refractivity contribution in [3.8, 4) is 0 Å². The summed E-state index contributed by atoms with van der Waals surface area (Å²) in [5.74, 6) is -1.03. The summed E-state index contributed by atoms with van der Waals surface area (Å²) in [6, 6.07) is 0. The Bertz CT molecular complexity index is 251. The fraction of sp³-hybridized carbons (Fsp3) is 0.556. The zero-order valence-electron chi connectivity index (χ0n) is 7.75. The molecule has 0 N–H and O–H groups in total. The van der Waals surface area contributed by atoms with Crippen LogP contribution >= 0.6 is 0 Å². The first kappa shape index (κ1) is 9.77. The minimum atomic E-state index is -1.16. The molecule has 1 rings (SSSR count). The van der Waals surface area contributed by atoms with Crippen molar-refractivity contribution in [2.75, 3.05) is 6.61 Å². The van der Waals surface area contributed by atoms with E-state index in [1.54, 1.807) is 6.92 Å². The number of carbonyl (C=O) groups is 2. The third kappa shape index (κ3) is 1.71. The number of hydrogen-bond donors (Lipinski definition) is 0. The monoisotopic (exact) mass is 184 g/mol. The van der Waals surface area contributed by atoms with Gasteiger partial charge in [0, 0.05) is 12.0 Å². The second-order valence-corrected chi connectivity index (χ2v) is 3.12. The van der Waals surface area contributed by atoms with Crippen LogP contribution in [0, 0.1) is 0 Å². The number of carbonyl (C=O) groups excluding carboxylic acids is 2. The van der Waals surface area contributed by atoms with E-state index >= 15 is 0 Å². The molecule has 0 unspecified atom stereocenters. The minimum absolute atomic E-state index is 0.213. The maximum atomic E-state index is 11.3. The summed E-state index contributed by atoms with van der Waals surface area (Å²) < 4.78 is 9.63. The van der Waals surface area contributed by atoms with Gasteiger partial charge >= 0.3 is 11.9 Å². The Morgan fingerprint density at radius 1 is 1.77 bits per heavy atom. The smallest absolute Gasteiger partial charge is 0.350 e. The van der Waals surface area contributed by atoms with Gasteiger partial charge in [-0.05, 0) is 13.8 Å². The molecule has 1 saturated heterocycles. The van der Waals surface area contributed by atoms with Gasteiger partial charge in [0.2, 0.25) is 5.60 Å². The predicted octanol–water partition coefficient (Wildman–Crippen LogP) is 0.811. The molecule has 1 fully saturated rings. The quantitative estimate of drug-likeness (QED) is 0.470. The zero-order chi connectivity index (χ0) is 10.1. The normalized spacial score (nSPS) is 27.2. The molecule has 1 atom stereocenters. The van der Waals surface area contributed by atoms with Gasteiger partial charge in [0.15, 0.2) is 0 Å². The predicted molar refractivity (Wildman–Crippen MR) is 44.9 cm³/mol. The lowest BCUT2D eigenvalue weighted by atomic mass is 10.0. The summed E-state index contributed by atoms with van der Waals surface area (Å²) in [5, 5.41) is 0. The molecular formula is C9H12O4. The number of esters is 2. The van der Waals surface area contributed by atoms with Crippen LogP contribution in [0.25, 0.3) is 0 Å². The van der Waals surface area contributed by atoms with Gasteiger partial charge in [0.25, 0.3) is 0 Å². The molecule has 4 nitrogen and oxygen atoms in total. The lowest BCUT2D eigenvalue weighted by Gasteiger charge is -2.18. The zero-order valence-corrected chi connectivity index (χ0v) is 7.75. The number of cyclic esters (lactones) is 1. The van der Waals surface area contributed by atoms with Crippen molar-refractivity contribution < 1.29 is 19.1 Å². The van der Waals surface area contributed by atoms with E-state index in [0.717, 1.165) is 0 Å². The Hall–Kier alpha value is -1.32. The van der Waals surface area contributed by atoms with Crippen molar-refractivity contribution in [1.29, 1.82) is 0 Å². The van der Waals surface area contributed by atoms with Gasteiger partial charge in [-0.15, -0.1) is 0 Å². The van der Waals surface area contributed by atoms with E-state index in [2.05, 4.69) is 6.58 Å². The van der Waals surface area contributed by atoms with Crippen molar-refractivity contribution in [2.45, 2.75) is 25.9 Å². The van der Waals surface area contributed by atoms with Gasteiger partial charge in [-0.2, -0.15) is 0 Å². The summed E-state index contributed by atoms with van der Waals surface area (Å²) in [7, 11) is 0. The Kier molecular flexibility index (Phi) is 2.40. The van der Waals surface area contributed by atoms with E-state index in [0.29, 0.717) is 5.57 Å². The minimum Gasteiger partial charge on any atom is -0.463 e. The van der Waals surface area contributed by atoms with Crippen molar-refractivity contribution >= 4 is 11.9 Å². The van der Waals surface area contributed by atoms with Crippen LogP contribution in [0.3, 0.4) is 0 Å². The van der Waals surface area contributed by atoms with Gasteiger partial charge in [-0.1, -0.05) is 6.58 Å². The Morgan fingerprint density at radius 2 is 2.38 bits per heavy atom. The van der Waals surface area contributed by atoms with Crippen LogP contribution in [-0.2, 0) is 19.1 Å². The van der Waals surface area contributed by atoms with Crippen LogP contribution in [0.5, 0.6) is 0 Å². The van der Waals surface area contributed by atoms with E-state index in [4.69, 9.17) is 9.47 Å². The van der Waals surface area contributed by atoms with Gasteiger partial charge in [0.05, 0.1) is 6.61 Å². The molecule has 4 heteroatoms. The molecule has 0 amide bonds. The molecule has 0 aliphatic carbocycles. The summed E-state index contributed by atoms with van der Waals surface area (Å²) in [4.78, 5) is 22.3. The summed E-state index contributed by atoms with van der Waals surface area (Å²) in [6.45, 7) is 7.00. The highest BCUT2D eigenvalue weighted by atomic mass is 16.6. The molecule has 72 valence electrons. The maximum absolute atomic E-state index is 11.3. The highest BCUT2D eigenvalue weighted by Crippen LogP contribution is 2.30.